The standard InChI is InChI=1S/C11H18BrN3O2S/c1-15(8-4-7-13)18(16,17)14-9-10-5-2-3-6-11(10)12/h2-3,5-6,14H,4,7-9,13H2,1H3. The van der Waals surface area contributed by atoms with Crippen molar-refractivity contribution in [3.63, 3.8) is 0 Å². The van der Waals surface area contributed by atoms with Crippen LogP contribution in [-0.2, 0) is 16.8 Å². The first-order valence-corrected chi connectivity index (χ1v) is 7.85. The van der Waals surface area contributed by atoms with E-state index in [9.17, 15) is 8.42 Å². The summed E-state index contributed by atoms with van der Waals surface area (Å²) < 4.78 is 28.5. The van der Waals surface area contributed by atoms with Crippen LogP contribution in [0.4, 0.5) is 0 Å². The molecular formula is C11H18BrN3O2S. The van der Waals surface area contributed by atoms with Crippen LogP contribution in [0.2, 0.25) is 0 Å². The fourth-order valence-corrected chi connectivity index (χ4v) is 2.71. The summed E-state index contributed by atoms with van der Waals surface area (Å²) in [6, 6.07) is 7.50. The molecule has 3 N–H and O–H groups in total. The van der Waals surface area contributed by atoms with Crippen LogP contribution < -0.4 is 10.5 Å². The van der Waals surface area contributed by atoms with Crippen molar-refractivity contribution in [3.05, 3.63) is 34.3 Å². The smallest absolute Gasteiger partial charge is 0.279 e. The van der Waals surface area contributed by atoms with Gasteiger partial charge in [0.1, 0.15) is 0 Å². The Morgan fingerprint density at radius 2 is 2.06 bits per heavy atom. The van der Waals surface area contributed by atoms with Crippen molar-refractivity contribution >= 4 is 26.1 Å². The van der Waals surface area contributed by atoms with Gasteiger partial charge in [-0.1, -0.05) is 34.1 Å². The second-order valence-corrected chi connectivity index (χ2v) is 6.60. The molecule has 102 valence electrons. The van der Waals surface area contributed by atoms with E-state index in [0.29, 0.717) is 19.5 Å². The fourth-order valence-electron chi connectivity index (χ4n) is 1.36. The molecule has 0 saturated carbocycles. The number of benzene rings is 1. The van der Waals surface area contributed by atoms with Crippen molar-refractivity contribution in [2.75, 3.05) is 20.1 Å². The van der Waals surface area contributed by atoms with E-state index in [1.54, 1.807) is 0 Å². The Morgan fingerprint density at radius 3 is 2.67 bits per heavy atom. The molecule has 0 aromatic heterocycles. The zero-order chi connectivity index (χ0) is 13.6. The van der Waals surface area contributed by atoms with Crippen molar-refractivity contribution in [3.8, 4) is 0 Å². The van der Waals surface area contributed by atoms with Crippen molar-refractivity contribution in [2.24, 2.45) is 5.73 Å². The summed E-state index contributed by atoms with van der Waals surface area (Å²) in [5.41, 5.74) is 6.25. The summed E-state index contributed by atoms with van der Waals surface area (Å²) in [5.74, 6) is 0. The Morgan fingerprint density at radius 1 is 1.39 bits per heavy atom. The van der Waals surface area contributed by atoms with Gasteiger partial charge >= 0.3 is 0 Å². The van der Waals surface area contributed by atoms with Gasteiger partial charge in [-0.2, -0.15) is 17.4 Å². The molecule has 5 nitrogen and oxygen atoms in total. The molecule has 0 fully saturated rings. The number of nitrogens with two attached hydrogens (primary N) is 1. The molecule has 18 heavy (non-hydrogen) atoms. The Balaban J connectivity index is 2.59. The average Bonchev–Trinajstić information content (AvgIpc) is 2.35. The summed E-state index contributed by atoms with van der Waals surface area (Å²) in [6.07, 6.45) is 0.645. The highest BCUT2D eigenvalue weighted by molar-refractivity contribution is 9.10. The lowest BCUT2D eigenvalue weighted by molar-refractivity contribution is 0.452. The predicted octanol–water partition coefficient (Wildman–Crippen LogP) is 1.06. The van der Waals surface area contributed by atoms with Crippen LogP contribution in [0.15, 0.2) is 28.7 Å². The molecule has 1 rings (SSSR count). The normalized spacial score (nSPS) is 12.0. The van der Waals surface area contributed by atoms with Crippen LogP contribution in [0, 0.1) is 0 Å². The number of nitrogens with one attached hydrogen (secondary N) is 1. The van der Waals surface area contributed by atoms with Crippen molar-refractivity contribution in [1.82, 2.24) is 9.03 Å². The maximum absolute atomic E-state index is 11.9. The quantitative estimate of drug-likeness (QED) is 0.782. The average molecular weight is 336 g/mol. The van der Waals surface area contributed by atoms with Gasteiger partial charge in [0.15, 0.2) is 0 Å². The molecule has 0 saturated heterocycles. The largest absolute Gasteiger partial charge is 0.330 e. The van der Waals surface area contributed by atoms with E-state index in [4.69, 9.17) is 5.73 Å². The van der Waals surface area contributed by atoms with E-state index in [1.165, 1.54) is 11.4 Å². The van der Waals surface area contributed by atoms with Crippen LogP contribution >= 0.6 is 15.9 Å². The molecule has 0 bridgehead atoms. The van der Waals surface area contributed by atoms with Crippen molar-refractivity contribution < 1.29 is 8.42 Å². The molecule has 0 aliphatic heterocycles. The van der Waals surface area contributed by atoms with E-state index in [-0.39, 0.29) is 6.54 Å². The van der Waals surface area contributed by atoms with E-state index in [0.717, 1.165) is 10.0 Å². The van der Waals surface area contributed by atoms with Gasteiger partial charge in [-0.15, -0.1) is 0 Å². The first-order chi connectivity index (χ1) is 8.47. The summed E-state index contributed by atoms with van der Waals surface area (Å²) in [4.78, 5) is 0. The minimum Gasteiger partial charge on any atom is -0.330 e. The third-order valence-corrected chi connectivity index (χ3v) is 4.78. The number of halogens is 1. The second-order valence-electron chi connectivity index (χ2n) is 3.88. The number of rotatable bonds is 7. The van der Waals surface area contributed by atoms with Gasteiger partial charge < -0.3 is 5.73 Å². The topological polar surface area (TPSA) is 75.4 Å². The number of nitrogens with zero attached hydrogens (tertiary/aromatic N) is 1. The zero-order valence-corrected chi connectivity index (χ0v) is 12.7. The van der Waals surface area contributed by atoms with E-state index in [2.05, 4.69) is 20.7 Å². The zero-order valence-electron chi connectivity index (χ0n) is 10.3. The monoisotopic (exact) mass is 335 g/mol. The van der Waals surface area contributed by atoms with E-state index in [1.807, 2.05) is 24.3 Å². The predicted molar refractivity (Wildman–Crippen MR) is 76.2 cm³/mol. The molecular weight excluding hydrogens is 318 g/mol. The van der Waals surface area contributed by atoms with Gasteiger partial charge in [0, 0.05) is 24.6 Å². The molecule has 0 aliphatic carbocycles. The molecule has 0 heterocycles. The number of hydrogen-bond donors (Lipinski definition) is 2. The van der Waals surface area contributed by atoms with Gasteiger partial charge in [0.2, 0.25) is 0 Å². The highest BCUT2D eigenvalue weighted by Crippen LogP contribution is 2.15. The van der Waals surface area contributed by atoms with Crippen LogP contribution in [-0.4, -0.2) is 32.9 Å². The van der Waals surface area contributed by atoms with E-state index < -0.39 is 10.2 Å². The van der Waals surface area contributed by atoms with Crippen LogP contribution in [0.5, 0.6) is 0 Å². The minimum atomic E-state index is -3.44. The maximum Gasteiger partial charge on any atom is 0.279 e. The molecule has 0 amide bonds. The third kappa shape index (κ3) is 4.66. The molecule has 1 aromatic carbocycles. The van der Waals surface area contributed by atoms with Gasteiger partial charge in [0.05, 0.1) is 0 Å². The lowest BCUT2D eigenvalue weighted by Gasteiger charge is -2.17. The Hall–Kier alpha value is -0.470. The summed E-state index contributed by atoms with van der Waals surface area (Å²) in [7, 11) is -1.90. The number of hydrogen-bond acceptors (Lipinski definition) is 3. The molecule has 7 heteroatoms. The summed E-state index contributed by atoms with van der Waals surface area (Å²) in [6.45, 7) is 1.16. The molecule has 0 spiro atoms. The van der Waals surface area contributed by atoms with E-state index >= 15 is 0 Å². The molecule has 0 unspecified atom stereocenters. The molecule has 0 atom stereocenters. The Bertz CT molecular complexity index is 479. The Labute approximate surface area is 117 Å². The first kappa shape index (κ1) is 15.6. The van der Waals surface area contributed by atoms with Crippen LogP contribution in [0.25, 0.3) is 0 Å². The highest BCUT2D eigenvalue weighted by Gasteiger charge is 2.16. The van der Waals surface area contributed by atoms with Gasteiger partial charge in [-0.05, 0) is 24.6 Å². The molecule has 0 aliphatic rings. The SMILES string of the molecule is CN(CCCN)S(=O)(=O)NCc1ccccc1Br. The second kappa shape index (κ2) is 7.20. The maximum atomic E-state index is 11.9. The summed E-state index contributed by atoms with van der Waals surface area (Å²) >= 11 is 3.38. The van der Waals surface area contributed by atoms with Crippen molar-refractivity contribution in [2.45, 2.75) is 13.0 Å². The van der Waals surface area contributed by atoms with Gasteiger partial charge in [-0.25, -0.2) is 0 Å². The van der Waals surface area contributed by atoms with Gasteiger partial charge in [0.25, 0.3) is 10.2 Å². The highest BCUT2D eigenvalue weighted by atomic mass is 79.9. The lowest BCUT2D eigenvalue weighted by Crippen LogP contribution is -2.38. The minimum absolute atomic E-state index is 0.261. The fraction of sp³-hybridized carbons (Fsp3) is 0.455. The summed E-state index contributed by atoms with van der Waals surface area (Å²) in [5, 5.41) is 0. The van der Waals surface area contributed by atoms with Crippen LogP contribution in [0.1, 0.15) is 12.0 Å². The first-order valence-electron chi connectivity index (χ1n) is 5.62. The lowest BCUT2D eigenvalue weighted by atomic mass is 10.2. The molecule has 0 radical (unpaired) electrons. The third-order valence-electron chi connectivity index (χ3n) is 2.49. The molecule has 1 aromatic rings. The Kier molecular flexibility index (Phi) is 6.24. The van der Waals surface area contributed by atoms with Gasteiger partial charge in [-0.3, -0.25) is 0 Å². The van der Waals surface area contributed by atoms with Crippen LogP contribution in [0.3, 0.4) is 0 Å². The van der Waals surface area contributed by atoms with Crippen molar-refractivity contribution in [1.29, 1.82) is 0 Å².